The van der Waals surface area contributed by atoms with Crippen LogP contribution in [0.4, 0.5) is 5.69 Å². The molecule has 0 bridgehead atoms. The lowest BCUT2D eigenvalue weighted by Crippen LogP contribution is -2.36. The molecule has 0 atom stereocenters. The summed E-state index contributed by atoms with van der Waals surface area (Å²) in [6, 6.07) is 9.23. The van der Waals surface area contributed by atoms with E-state index < -0.39 is 5.97 Å². The van der Waals surface area contributed by atoms with Crippen LogP contribution in [0.1, 0.15) is 10.5 Å². The van der Waals surface area contributed by atoms with Crippen molar-refractivity contribution in [2.75, 3.05) is 31.2 Å². The third-order valence-corrected chi connectivity index (χ3v) is 3.27. The van der Waals surface area contributed by atoms with Gasteiger partial charge in [-0.15, -0.1) is 0 Å². The van der Waals surface area contributed by atoms with E-state index in [4.69, 9.17) is 9.84 Å². The van der Waals surface area contributed by atoms with Crippen molar-refractivity contribution in [1.82, 2.24) is 4.98 Å². The molecule has 98 valence electrons. The number of anilines is 1. The maximum absolute atomic E-state index is 11.0. The third kappa shape index (κ3) is 2.24. The molecule has 2 heterocycles. The van der Waals surface area contributed by atoms with Crippen LogP contribution in [0.3, 0.4) is 0 Å². The van der Waals surface area contributed by atoms with Crippen LogP contribution in [0.25, 0.3) is 10.9 Å². The minimum absolute atomic E-state index is 0.0770. The van der Waals surface area contributed by atoms with Crippen molar-refractivity contribution < 1.29 is 14.6 Å². The number of rotatable bonds is 2. The summed E-state index contributed by atoms with van der Waals surface area (Å²) >= 11 is 0. The van der Waals surface area contributed by atoms with Crippen molar-refractivity contribution in [3.8, 4) is 0 Å². The number of carboxylic acid groups (broad SMARTS) is 1. The predicted octanol–water partition coefficient (Wildman–Crippen LogP) is 1.77. The molecule has 1 aromatic heterocycles. The SMILES string of the molecule is O=C(O)c1ccc2cccc(N3CCOCC3)c2n1. The lowest BCUT2D eigenvalue weighted by atomic mass is 10.1. The topological polar surface area (TPSA) is 62.7 Å². The van der Waals surface area contributed by atoms with E-state index in [9.17, 15) is 4.79 Å². The summed E-state index contributed by atoms with van der Waals surface area (Å²) in [5.74, 6) is -1.00. The van der Waals surface area contributed by atoms with Crippen molar-refractivity contribution in [3.05, 3.63) is 36.0 Å². The van der Waals surface area contributed by atoms with Gasteiger partial charge in [0, 0.05) is 18.5 Å². The van der Waals surface area contributed by atoms with E-state index in [0.717, 1.165) is 29.7 Å². The second-order valence-electron chi connectivity index (χ2n) is 4.45. The van der Waals surface area contributed by atoms with E-state index in [1.807, 2.05) is 18.2 Å². The Morgan fingerprint density at radius 2 is 2.00 bits per heavy atom. The molecule has 19 heavy (non-hydrogen) atoms. The van der Waals surface area contributed by atoms with Crippen molar-refractivity contribution >= 4 is 22.6 Å². The number of para-hydroxylation sites is 1. The first kappa shape index (κ1) is 11.9. The van der Waals surface area contributed by atoms with E-state index in [2.05, 4.69) is 9.88 Å². The fraction of sp³-hybridized carbons (Fsp3) is 0.286. The highest BCUT2D eigenvalue weighted by atomic mass is 16.5. The normalized spacial score (nSPS) is 15.7. The van der Waals surface area contributed by atoms with Crippen molar-refractivity contribution in [1.29, 1.82) is 0 Å². The minimum Gasteiger partial charge on any atom is -0.477 e. The molecule has 5 nitrogen and oxygen atoms in total. The molecule has 0 spiro atoms. The van der Waals surface area contributed by atoms with E-state index in [0.29, 0.717) is 13.2 Å². The number of nitrogens with zero attached hydrogens (tertiary/aromatic N) is 2. The van der Waals surface area contributed by atoms with Gasteiger partial charge in [-0.05, 0) is 12.1 Å². The molecule has 1 N–H and O–H groups in total. The second kappa shape index (κ2) is 4.85. The average molecular weight is 258 g/mol. The molecular weight excluding hydrogens is 244 g/mol. The molecule has 1 saturated heterocycles. The number of aromatic nitrogens is 1. The Balaban J connectivity index is 2.11. The summed E-state index contributed by atoms with van der Waals surface area (Å²) < 4.78 is 5.34. The highest BCUT2D eigenvalue weighted by Crippen LogP contribution is 2.26. The van der Waals surface area contributed by atoms with Crippen molar-refractivity contribution in [2.45, 2.75) is 0 Å². The minimum atomic E-state index is -1.00. The van der Waals surface area contributed by atoms with Gasteiger partial charge in [-0.3, -0.25) is 0 Å². The third-order valence-electron chi connectivity index (χ3n) is 3.27. The summed E-state index contributed by atoms with van der Waals surface area (Å²) in [5, 5.41) is 10.0. The largest absolute Gasteiger partial charge is 0.477 e. The summed E-state index contributed by atoms with van der Waals surface area (Å²) in [6.07, 6.45) is 0. The summed E-state index contributed by atoms with van der Waals surface area (Å²) in [5.41, 5.74) is 1.79. The monoisotopic (exact) mass is 258 g/mol. The molecule has 5 heteroatoms. The van der Waals surface area contributed by atoms with Crippen molar-refractivity contribution in [2.24, 2.45) is 0 Å². The Hall–Kier alpha value is -2.14. The molecule has 1 aromatic carbocycles. The molecule has 3 rings (SSSR count). The van der Waals surface area contributed by atoms with Gasteiger partial charge in [-0.1, -0.05) is 18.2 Å². The quantitative estimate of drug-likeness (QED) is 0.889. The van der Waals surface area contributed by atoms with Crippen LogP contribution in [0, 0.1) is 0 Å². The Kier molecular flexibility index (Phi) is 3.05. The molecule has 0 saturated carbocycles. The van der Waals surface area contributed by atoms with Crippen LogP contribution in [0.2, 0.25) is 0 Å². The first-order chi connectivity index (χ1) is 9.25. The fourth-order valence-electron chi connectivity index (χ4n) is 2.31. The zero-order chi connectivity index (χ0) is 13.2. The van der Waals surface area contributed by atoms with Gasteiger partial charge >= 0.3 is 5.97 Å². The molecule has 0 unspecified atom stereocenters. The number of fused-ring (bicyclic) bond motifs is 1. The van der Waals surface area contributed by atoms with Crippen molar-refractivity contribution in [3.63, 3.8) is 0 Å². The summed E-state index contributed by atoms with van der Waals surface area (Å²) in [7, 11) is 0. The van der Waals surface area contributed by atoms with Gasteiger partial charge in [-0.25, -0.2) is 9.78 Å². The van der Waals surface area contributed by atoms with E-state index in [1.54, 1.807) is 6.07 Å². The number of hydrogen-bond acceptors (Lipinski definition) is 4. The Morgan fingerprint density at radius 3 is 2.74 bits per heavy atom. The molecule has 1 fully saturated rings. The smallest absolute Gasteiger partial charge is 0.354 e. The standard InChI is InChI=1S/C14H14N2O3/c17-14(18)11-5-4-10-2-1-3-12(13(10)15-11)16-6-8-19-9-7-16/h1-5H,6-9H2,(H,17,18). The molecule has 0 amide bonds. The maximum atomic E-state index is 11.0. The summed E-state index contributed by atoms with van der Waals surface area (Å²) in [6.45, 7) is 2.99. The number of morpholine rings is 1. The van der Waals surface area contributed by atoms with Crippen LogP contribution in [0.5, 0.6) is 0 Å². The molecule has 0 aliphatic carbocycles. The predicted molar refractivity (Wildman–Crippen MR) is 71.7 cm³/mol. The molecular formula is C14H14N2O3. The first-order valence-electron chi connectivity index (χ1n) is 6.21. The highest BCUT2D eigenvalue weighted by molar-refractivity contribution is 5.95. The first-order valence-corrected chi connectivity index (χ1v) is 6.21. The lowest BCUT2D eigenvalue weighted by Gasteiger charge is -2.29. The molecule has 2 aromatic rings. The number of pyridine rings is 1. The van der Waals surface area contributed by atoms with Crippen LogP contribution < -0.4 is 4.90 Å². The zero-order valence-corrected chi connectivity index (χ0v) is 10.4. The number of benzene rings is 1. The number of carboxylic acids is 1. The van der Waals surface area contributed by atoms with E-state index in [1.165, 1.54) is 6.07 Å². The van der Waals surface area contributed by atoms with Gasteiger partial charge in [0.1, 0.15) is 5.69 Å². The van der Waals surface area contributed by atoms with Gasteiger partial charge in [0.05, 0.1) is 24.4 Å². The van der Waals surface area contributed by atoms with Gasteiger partial charge in [0.15, 0.2) is 0 Å². The maximum Gasteiger partial charge on any atom is 0.354 e. The van der Waals surface area contributed by atoms with Crippen LogP contribution >= 0.6 is 0 Å². The Bertz CT molecular complexity index is 621. The highest BCUT2D eigenvalue weighted by Gasteiger charge is 2.15. The number of ether oxygens (including phenoxy) is 1. The zero-order valence-electron chi connectivity index (χ0n) is 10.4. The fourth-order valence-corrected chi connectivity index (χ4v) is 2.31. The van der Waals surface area contributed by atoms with Gasteiger partial charge in [0.25, 0.3) is 0 Å². The number of hydrogen-bond donors (Lipinski definition) is 1. The Morgan fingerprint density at radius 1 is 1.21 bits per heavy atom. The molecule has 1 aliphatic rings. The van der Waals surface area contributed by atoms with Crippen LogP contribution in [-0.4, -0.2) is 42.4 Å². The molecule has 0 radical (unpaired) electrons. The Labute approximate surface area is 110 Å². The van der Waals surface area contributed by atoms with Gasteiger partial charge in [-0.2, -0.15) is 0 Å². The average Bonchev–Trinajstić information content (AvgIpc) is 2.47. The lowest BCUT2D eigenvalue weighted by molar-refractivity contribution is 0.0691. The van der Waals surface area contributed by atoms with Gasteiger partial charge in [0.2, 0.25) is 0 Å². The second-order valence-corrected chi connectivity index (χ2v) is 4.45. The van der Waals surface area contributed by atoms with Gasteiger partial charge < -0.3 is 14.7 Å². The van der Waals surface area contributed by atoms with Crippen LogP contribution in [0.15, 0.2) is 30.3 Å². The van der Waals surface area contributed by atoms with Crippen LogP contribution in [-0.2, 0) is 4.74 Å². The molecule has 1 aliphatic heterocycles. The number of aromatic carboxylic acids is 1. The van der Waals surface area contributed by atoms with E-state index in [-0.39, 0.29) is 5.69 Å². The number of carbonyl (C=O) groups is 1. The van der Waals surface area contributed by atoms with E-state index >= 15 is 0 Å². The summed E-state index contributed by atoms with van der Waals surface area (Å²) in [4.78, 5) is 17.5.